The number of phenolic OH excluding ortho intramolecular Hbond substituents is 1. The molecule has 1 heterocycles. The van der Waals surface area contributed by atoms with Gasteiger partial charge in [-0.05, 0) is 18.6 Å². The quantitative estimate of drug-likeness (QED) is 0.0732. The molecule has 0 atom stereocenters. The van der Waals surface area contributed by atoms with Crippen molar-refractivity contribution in [2.75, 3.05) is 0 Å². The molecule has 180 valence electrons. The Bertz CT molecular complexity index is 1420. The summed E-state index contributed by atoms with van der Waals surface area (Å²) in [5.41, 5.74) is 0.0716. The molecule has 0 fully saturated rings. The molecule has 14 heteroatoms. The number of allylic oxidation sites excluding steroid dienone is 2. The number of nitrogens with two attached hydrogens (primary N) is 2. The molecule has 1 aromatic heterocycles. The number of carbonyl (C=O) groups excluding carboxylic acids is 1. The fraction of sp³-hybridized carbons (Fsp3) is 0.100. The highest BCUT2D eigenvalue weighted by Crippen LogP contribution is 2.30. The van der Waals surface area contributed by atoms with Crippen LogP contribution in [0.4, 0.5) is 30.7 Å². The zero-order valence-corrected chi connectivity index (χ0v) is 16.8. The summed E-state index contributed by atoms with van der Waals surface area (Å²) >= 11 is 0. The van der Waals surface area contributed by atoms with Crippen LogP contribution in [0.3, 0.4) is 0 Å². The molecule has 0 aliphatic carbocycles. The van der Waals surface area contributed by atoms with E-state index in [4.69, 9.17) is 11.6 Å². The Hall–Kier alpha value is -4.07. The first-order chi connectivity index (χ1) is 15.8. The van der Waals surface area contributed by atoms with E-state index in [0.29, 0.717) is 11.1 Å². The van der Waals surface area contributed by atoms with Crippen molar-refractivity contribution in [2.45, 2.75) is 13.5 Å². The summed E-state index contributed by atoms with van der Waals surface area (Å²) in [6.45, 7) is 0.419. The van der Waals surface area contributed by atoms with Crippen molar-refractivity contribution in [3.05, 3.63) is 85.8 Å². The minimum absolute atomic E-state index is 0.192. The van der Waals surface area contributed by atoms with Crippen LogP contribution >= 0.6 is 0 Å². The molecule has 0 saturated carbocycles. The van der Waals surface area contributed by atoms with Crippen molar-refractivity contribution < 1.29 is 45.1 Å². The van der Waals surface area contributed by atoms with Crippen LogP contribution in [0, 0.1) is 40.7 Å². The third-order valence-electron chi connectivity index (χ3n) is 4.83. The van der Waals surface area contributed by atoms with Gasteiger partial charge >= 0.3 is 5.63 Å². The Morgan fingerprint density at radius 3 is 2.06 bits per heavy atom. The van der Waals surface area contributed by atoms with Gasteiger partial charge in [-0.25, -0.2) is 37.0 Å². The third-order valence-corrected chi connectivity index (χ3v) is 4.83. The number of halogens is 7. The molecule has 0 saturated heterocycles. The molecule has 0 aliphatic heterocycles. The van der Waals surface area contributed by atoms with Crippen molar-refractivity contribution in [3.63, 3.8) is 0 Å². The van der Waals surface area contributed by atoms with Crippen LogP contribution in [0.1, 0.15) is 22.8 Å². The maximum Gasteiger partial charge on any atom is 0.336 e. The summed E-state index contributed by atoms with van der Waals surface area (Å²) in [6, 6.07) is 1.40. The summed E-state index contributed by atoms with van der Waals surface area (Å²) in [7, 11) is 0. The lowest BCUT2D eigenvalue weighted by Gasteiger charge is -2.22. The van der Waals surface area contributed by atoms with Crippen LogP contribution in [0.2, 0.25) is 0 Å². The van der Waals surface area contributed by atoms with Crippen molar-refractivity contribution in [2.24, 2.45) is 11.6 Å². The number of rotatable bonds is 5. The standard InChI is InChI=1S/C20H12F7N3O4/c1-5(17(28)19(33)10-11(22)13(24)15(26)14(25)12(10)23)30(29)4-6-2-9(31)34-20-7(6)3-8(21)18(32)16(20)27/h2-3,32H,4,28-29H2,1H3/b17-5-. The highest BCUT2D eigenvalue weighted by Gasteiger charge is 2.31. The van der Waals surface area contributed by atoms with Crippen LogP contribution in [-0.4, -0.2) is 15.9 Å². The van der Waals surface area contributed by atoms with Gasteiger partial charge in [0.05, 0.1) is 12.2 Å². The Kier molecular flexibility index (Phi) is 6.29. The van der Waals surface area contributed by atoms with E-state index >= 15 is 0 Å². The van der Waals surface area contributed by atoms with Crippen LogP contribution in [0.5, 0.6) is 5.75 Å². The summed E-state index contributed by atoms with van der Waals surface area (Å²) < 4.78 is 100. The number of phenols is 1. The van der Waals surface area contributed by atoms with Gasteiger partial charge < -0.3 is 20.3 Å². The lowest BCUT2D eigenvalue weighted by Crippen LogP contribution is -2.33. The van der Waals surface area contributed by atoms with Gasteiger partial charge in [0.1, 0.15) is 11.3 Å². The highest BCUT2D eigenvalue weighted by molar-refractivity contribution is 6.08. The number of hydrazine groups is 1. The van der Waals surface area contributed by atoms with E-state index in [2.05, 4.69) is 4.42 Å². The lowest BCUT2D eigenvalue weighted by molar-refractivity contribution is 0.101. The fourth-order valence-corrected chi connectivity index (χ4v) is 2.97. The molecular weight excluding hydrogens is 479 g/mol. The Labute approximate surface area is 184 Å². The average Bonchev–Trinajstić information content (AvgIpc) is 2.79. The van der Waals surface area contributed by atoms with Crippen LogP contribution in [-0.2, 0) is 6.54 Å². The van der Waals surface area contributed by atoms with Crippen molar-refractivity contribution in [1.29, 1.82) is 0 Å². The van der Waals surface area contributed by atoms with E-state index in [0.717, 1.165) is 13.0 Å². The highest BCUT2D eigenvalue weighted by atomic mass is 19.2. The molecule has 0 aliphatic rings. The van der Waals surface area contributed by atoms with Gasteiger partial charge in [-0.2, -0.15) is 4.39 Å². The molecule has 3 rings (SSSR count). The number of benzene rings is 2. The lowest BCUT2D eigenvalue weighted by atomic mass is 10.0. The SMILES string of the molecule is C/C(=C(/N)C(=O)c1c(F)c(F)c(F)c(F)c1F)N(N)Cc1cc(=O)oc2c(F)c(O)c(F)cc12. The van der Waals surface area contributed by atoms with E-state index in [1.807, 2.05) is 0 Å². The normalized spacial score (nSPS) is 12.1. The number of carbonyl (C=O) groups is 1. The molecule has 0 spiro atoms. The third kappa shape index (κ3) is 3.91. The van der Waals surface area contributed by atoms with Crippen molar-refractivity contribution >= 4 is 16.8 Å². The van der Waals surface area contributed by atoms with Crippen LogP contribution in [0.15, 0.2) is 32.7 Å². The molecule has 7 nitrogen and oxygen atoms in total. The first kappa shape index (κ1) is 24.6. The zero-order valence-electron chi connectivity index (χ0n) is 16.8. The van der Waals surface area contributed by atoms with E-state index in [1.165, 1.54) is 0 Å². The van der Waals surface area contributed by atoms with Gasteiger partial charge in [0.15, 0.2) is 40.4 Å². The Balaban J connectivity index is 2.06. The first-order valence-electron chi connectivity index (χ1n) is 8.96. The van der Waals surface area contributed by atoms with Crippen LogP contribution in [0.25, 0.3) is 11.0 Å². The first-order valence-corrected chi connectivity index (χ1v) is 8.96. The molecule has 0 unspecified atom stereocenters. The molecule has 5 N–H and O–H groups in total. The van der Waals surface area contributed by atoms with Gasteiger partial charge in [0.2, 0.25) is 17.4 Å². The second kappa shape index (κ2) is 8.70. The summed E-state index contributed by atoms with van der Waals surface area (Å²) in [5, 5.41) is 9.61. The summed E-state index contributed by atoms with van der Waals surface area (Å²) in [6.07, 6.45) is 0. The van der Waals surface area contributed by atoms with Gasteiger partial charge in [0, 0.05) is 11.5 Å². The predicted octanol–water partition coefficient (Wildman–Crippen LogP) is 3.22. The molecule has 3 aromatic rings. The van der Waals surface area contributed by atoms with E-state index < -0.39 is 87.0 Å². The largest absolute Gasteiger partial charge is 0.503 e. The van der Waals surface area contributed by atoms with E-state index in [-0.39, 0.29) is 10.9 Å². The van der Waals surface area contributed by atoms with E-state index in [9.17, 15) is 45.4 Å². The molecule has 0 bridgehead atoms. The van der Waals surface area contributed by atoms with Gasteiger partial charge in [-0.1, -0.05) is 0 Å². The molecule has 0 radical (unpaired) electrons. The molecular formula is C20H12F7N3O4. The second-order valence-corrected chi connectivity index (χ2v) is 6.89. The van der Waals surface area contributed by atoms with Crippen molar-refractivity contribution in [1.82, 2.24) is 5.01 Å². The van der Waals surface area contributed by atoms with Gasteiger partial charge in [-0.3, -0.25) is 4.79 Å². The zero-order chi connectivity index (χ0) is 25.6. The Morgan fingerprint density at radius 1 is 0.971 bits per heavy atom. The average molecular weight is 491 g/mol. The van der Waals surface area contributed by atoms with E-state index in [1.54, 1.807) is 0 Å². The molecule has 0 amide bonds. The smallest absolute Gasteiger partial charge is 0.336 e. The van der Waals surface area contributed by atoms with Crippen LogP contribution < -0.4 is 17.2 Å². The fourth-order valence-electron chi connectivity index (χ4n) is 2.97. The number of Topliss-reactive ketones (excluding diaryl/α,β-unsaturated/α-hetero) is 1. The summed E-state index contributed by atoms with van der Waals surface area (Å²) in [4.78, 5) is 24.2. The predicted molar refractivity (Wildman–Crippen MR) is 101 cm³/mol. The number of hydrogen-bond acceptors (Lipinski definition) is 7. The summed E-state index contributed by atoms with van der Waals surface area (Å²) in [5.74, 6) is -12.5. The number of aromatic hydroxyl groups is 1. The molecule has 2 aromatic carbocycles. The van der Waals surface area contributed by atoms with Gasteiger partial charge in [0.25, 0.3) is 0 Å². The number of ketones is 1. The minimum Gasteiger partial charge on any atom is -0.503 e. The molecule has 34 heavy (non-hydrogen) atoms. The number of fused-ring (bicyclic) bond motifs is 1. The maximum absolute atomic E-state index is 14.1. The number of nitrogens with zero attached hydrogens (tertiary/aromatic N) is 1. The van der Waals surface area contributed by atoms with Crippen molar-refractivity contribution in [3.8, 4) is 5.75 Å². The minimum atomic E-state index is -2.48. The maximum atomic E-state index is 14.1. The monoisotopic (exact) mass is 491 g/mol. The topological polar surface area (TPSA) is 123 Å². The second-order valence-electron chi connectivity index (χ2n) is 6.89. The van der Waals surface area contributed by atoms with Gasteiger partial charge in [-0.15, -0.1) is 0 Å². The number of hydrogen-bond donors (Lipinski definition) is 3. The Morgan fingerprint density at radius 2 is 1.50 bits per heavy atom.